The van der Waals surface area contributed by atoms with Gasteiger partial charge < -0.3 is 18.8 Å². The SMILES string of the molecule is COC1CCC(n2c([C@@H]3CCCC(=O)N3c3ccc(F)c(F)c3)nc3cc(-n4ccn(C)c4=O)ccc32)CC1. The van der Waals surface area contributed by atoms with Gasteiger partial charge >= 0.3 is 5.69 Å². The van der Waals surface area contributed by atoms with Gasteiger partial charge in [-0.1, -0.05) is 0 Å². The Hall–Kier alpha value is -3.79. The van der Waals surface area contributed by atoms with Crippen molar-refractivity contribution in [3.05, 3.63) is 76.7 Å². The lowest BCUT2D eigenvalue weighted by molar-refractivity contribution is -0.120. The van der Waals surface area contributed by atoms with Crippen molar-refractivity contribution in [1.82, 2.24) is 18.7 Å². The molecule has 1 aliphatic carbocycles. The van der Waals surface area contributed by atoms with Crippen LogP contribution < -0.4 is 10.6 Å². The van der Waals surface area contributed by atoms with Crippen LogP contribution >= 0.6 is 0 Å². The lowest BCUT2D eigenvalue weighted by atomic mass is 9.92. The monoisotopic (exact) mass is 535 g/mol. The number of benzene rings is 2. The molecule has 0 radical (unpaired) electrons. The van der Waals surface area contributed by atoms with E-state index >= 15 is 0 Å². The fraction of sp³-hybridized carbons (Fsp3) is 0.414. The molecule has 39 heavy (non-hydrogen) atoms. The van der Waals surface area contributed by atoms with Crippen LogP contribution in [0, 0.1) is 11.6 Å². The number of nitrogens with zero attached hydrogens (tertiary/aromatic N) is 5. The van der Waals surface area contributed by atoms with Gasteiger partial charge in [0.25, 0.3) is 0 Å². The lowest BCUT2D eigenvalue weighted by Crippen LogP contribution is -2.40. The van der Waals surface area contributed by atoms with E-state index in [2.05, 4.69) is 4.57 Å². The maximum Gasteiger partial charge on any atom is 0.332 e. The number of carbonyl (C=O) groups is 1. The number of rotatable bonds is 5. The molecule has 0 spiro atoms. The first-order chi connectivity index (χ1) is 18.9. The van der Waals surface area contributed by atoms with E-state index in [1.165, 1.54) is 10.6 Å². The number of amides is 1. The number of piperidine rings is 1. The summed E-state index contributed by atoms with van der Waals surface area (Å²) in [7, 11) is 3.44. The van der Waals surface area contributed by atoms with Gasteiger partial charge in [-0.25, -0.2) is 18.6 Å². The molecular formula is C29H31F2N5O3. The van der Waals surface area contributed by atoms with Gasteiger partial charge in [-0.15, -0.1) is 0 Å². The number of fused-ring (bicyclic) bond motifs is 1. The van der Waals surface area contributed by atoms with Gasteiger partial charge in [0.05, 0.1) is 28.9 Å². The van der Waals surface area contributed by atoms with Gasteiger partial charge in [-0.3, -0.25) is 9.36 Å². The zero-order valence-corrected chi connectivity index (χ0v) is 22.0. The van der Waals surface area contributed by atoms with Crippen molar-refractivity contribution in [1.29, 1.82) is 0 Å². The van der Waals surface area contributed by atoms with E-state index in [4.69, 9.17) is 9.72 Å². The Balaban J connectivity index is 1.50. The molecule has 6 rings (SSSR count). The van der Waals surface area contributed by atoms with E-state index < -0.39 is 17.7 Å². The normalized spacial score (nSPS) is 22.1. The Morgan fingerprint density at radius 3 is 2.38 bits per heavy atom. The van der Waals surface area contributed by atoms with Crippen molar-refractivity contribution in [2.75, 3.05) is 12.0 Å². The summed E-state index contributed by atoms with van der Waals surface area (Å²) in [6, 6.07) is 9.08. The number of aromatic nitrogens is 4. The molecule has 1 atom stereocenters. The predicted octanol–water partition coefficient (Wildman–Crippen LogP) is 5.19. The van der Waals surface area contributed by atoms with Crippen LogP contribution in [0.2, 0.25) is 0 Å². The largest absolute Gasteiger partial charge is 0.381 e. The molecule has 2 aromatic carbocycles. The van der Waals surface area contributed by atoms with Crippen LogP contribution in [0.25, 0.3) is 16.7 Å². The maximum absolute atomic E-state index is 14.3. The molecule has 8 nitrogen and oxygen atoms in total. The number of halogens is 2. The van der Waals surface area contributed by atoms with Gasteiger partial charge in [-0.05, 0) is 68.9 Å². The Bertz CT molecular complexity index is 1600. The van der Waals surface area contributed by atoms with Crippen molar-refractivity contribution in [2.24, 2.45) is 7.05 Å². The summed E-state index contributed by atoms with van der Waals surface area (Å²) < 4.78 is 38.9. The smallest absolute Gasteiger partial charge is 0.332 e. The summed E-state index contributed by atoms with van der Waals surface area (Å²) >= 11 is 0. The highest BCUT2D eigenvalue weighted by Gasteiger charge is 2.36. The minimum Gasteiger partial charge on any atom is -0.381 e. The molecule has 2 aromatic heterocycles. The van der Waals surface area contributed by atoms with Crippen LogP contribution in [0.3, 0.4) is 0 Å². The van der Waals surface area contributed by atoms with E-state index in [9.17, 15) is 18.4 Å². The number of hydrogen-bond donors (Lipinski definition) is 0. The molecule has 0 unspecified atom stereocenters. The standard InChI is InChI=1S/C29H31F2N5O3/c1-33-14-15-34(29(33)38)19-9-13-25-24(17-19)32-28(36(25)18-6-10-21(39-2)11-7-18)26-4-3-5-27(37)35(26)20-8-12-22(30)23(31)16-20/h8-9,12-18,21,26H,3-7,10-11H2,1-2H3/t18?,21?,26-/m0/s1. The van der Waals surface area contributed by atoms with Crippen LogP contribution in [0.1, 0.15) is 62.9 Å². The van der Waals surface area contributed by atoms with Crippen LogP contribution in [-0.2, 0) is 16.6 Å². The highest BCUT2D eigenvalue weighted by Crippen LogP contribution is 2.41. The second-order valence-corrected chi connectivity index (χ2v) is 10.5. The number of methoxy groups -OCH3 is 1. The number of hydrogen-bond acceptors (Lipinski definition) is 4. The molecule has 2 aliphatic rings. The molecule has 0 N–H and O–H groups in total. The van der Waals surface area contributed by atoms with Gasteiger partial charge in [0.15, 0.2) is 11.6 Å². The first kappa shape index (κ1) is 25.5. The van der Waals surface area contributed by atoms with Gasteiger partial charge in [-0.2, -0.15) is 0 Å². The first-order valence-electron chi connectivity index (χ1n) is 13.4. The quantitative estimate of drug-likeness (QED) is 0.353. The van der Waals surface area contributed by atoms with E-state index in [-0.39, 0.29) is 23.7 Å². The van der Waals surface area contributed by atoms with Gasteiger partial charge in [0, 0.05) is 50.8 Å². The van der Waals surface area contributed by atoms with E-state index in [1.807, 2.05) is 18.2 Å². The van der Waals surface area contributed by atoms with Crippen LogP contribution in [-0.4, -0.2) is 37.8 Å². The molecule has 10 heteroatoms. The maximum atomic E-state index is 14.3. The van der Waals surface area contributed by atoms with Gasteiger partial charge in [0.2, 0.25) is 5.91 Å². The fourth-order valence-electron chi connectivity index (χ4n) is 6.15. The average molecular weight is 536 g/mol. The molecule has 1 saturated heterocycles. The number of carbonyl (C=O) groups excluding carboxylic acids is 1. The Morgan fingerprint density at radius 2 is 1.69 bits per heavy atom. The van der Waals surface area contributed by atoms with Crippen molar-refractivity contribution in [3.63, 3.8) is 0 Å². The summed E-state index contributed by atoms with van der Waals surface area (Å²) in [5.41, 5.74) is 2.50. The number of ether oxygens (including phenoxy) is 1. The van der Waals surface area contributed by atoms with Crippen molar-refractivity contribution in [2.45, 2.75) is 63.1 Å². The zero-order chi connectivity index (χ0) is 27.3. The third-order valence-electron chi connectivity index (χ3n) is 8.20. The van der Waals surface area contributed by atoms with E-state index in [1.54, 1.807) is 36.0 Å². The highest BCUT2D eigenvalue weighted by molar-refractivity contribution is 5.95. The van der Waals surface area contributed by atoms with E-state index in [0.29, 0.717) is 30.6 Å². The molecule has 0 bridgehead atoms. The van der Waals surface area contributed by atoms with Crippen LogP contribution in [0.4, 0.5) is 14.5 Å². The third kappa shape index (κ3) is 4.46. The second-order valence-electron chi connectivity index (χ2n) is 10.5. The third-order valence-corrected chi connectivity index (χ3v) is 8.20. The lowest BCUT2D eigenvalue weighted by Gasteiger charge is -2.37. The molecule has 2 fully saturated rings. The molecule has 1 aliphatic heterocycles. The summed E-state index contributed by atoms with van der Waals surface area (Å²) in [4.78, 5) is 32.5. The minimum absolute atomic E-state index is 0.143. The number of aryl methyl sites for hydroxylation is 1. The fourth-order valence-corrected chi connectivity index (χ4v) is 6.15. The first-order valence-corrected chi connectivity index (χ1v) is 13.4. The number of anilines is 1. The van der Waals surface area contributed by atoms with Gasteiger partial charge in [0.1, 0.15) is 5.82 Å². The summed E-state index contributed by atoms with van der Waals surface area (Å²) in [6.07, 6.45) is 8.89. The summed E-state index contributed by atoms with van der Waals surface area (Å²) in [5, 5.41) is 0. The molecular weight excluding hydrogens is 504 g/mol. The second kappa shape index (κ2) is 10.1. The van der Waals surface area contributed by atoms with Crippen molar-refractivity contribution in [3.8, 4) is 5.69 Å². The molecule has 1 amide bonds. The van der Waals surface area contributed by atoms with E-state index in [0.717, 1.165) is 54.7 Å². The Labute approximate surface area is 224 Å². The Kier molecular flexibility index (Phi) is 6.58. The minimum atomic E-state index is -0.992. The zero-order valence-electron chi connectivity index (χ0n) is 22.0. The topological polar surface area (TPSA) is 74.3 Å². The van der Waals surface area contributed by atoms with Crippen molar-refractivity contribution < 1.29 is 18.3 Å². The molecule has 204 valence electrons. The predicted molar refractivity (Wildman–Crippen MR) is 143 cm³/mol. The Morgan fingerprint density at radius 1 is 0.923 bits per heavy atom. The van der Waals surface area contributed by atoms with Crippen LogP contribution in [0.5, 0.6) is 0 Å². The number of imidazole rings is 2. The summed E-state index contributed by atoms with van der Waals surface area (Å²) in [5.74, 6) is -1.36. The average Bonchev–Trinajstić information content (AvgIpc) is 3.49. The molecule has 3 heterocycles. The molecule has 1 saturated carbocycles. The summed E-state index contributed by atoms with van der Waals surface area (Å²) in [6.45, 7) is 0. The van der Waals surface area contributed by atoms with Crippen molar-refractivity contribution >= 4 is 22.6 Å². The van der Waals surface area contributed by atoms with Crippen LogP contribution in [0.15, 0.2) is 53.6 Å². The highest BCUT2D eigenvalue weighted by atomic mass is 19.2. The molecule has 4 aromatic rings.